The third kappa shape index (κ3) is 3.75. The van der Waals surface area contributed by atoms with E-state index in [-0.39, 0.29) is 33.0 Å². The Morgan fingerprint density at radius 3 is 2.33 bits per heavy atom. The normalized spacial score (nSPS) is 16.2. The second kappa shape index (κ2) is 7.33. The van der Waals surface area contributed by atoms with Crippen molar-refractivity contribution in [2.45, 2.75) is 32.6 Å². The quantitative estimate of drug-likeness (QED) is 0.589. The summed E-state index contributed by atoms with van der Waals surface area (Å²) in [5.74, 6) is 0. The summed E-state index contributed by atoms with van der Waals surface area (Å²) in [6.45, 7) is 1.85. The van der Waals surface area contributed by atoms with Crippen LogP contribution in [-0.4, -0.2) is 24.4 Å². The van der Waals surface area contributed by atoms with Crippen LogP contribution >= 0.6 is 31.8 Å². The summed E-state index contributed by atoms with van der Waals surface area (Å²) in [4.78, 5) is 12.2. The molecular formula is C13H15Cl2LiOP. The molecule has 1 radical (unpaired) electrons. The van der Waals surface area contributed by atoms with Crippen LogP contribution in [0.2, 0.25) is 10.0 Å². The summed E-state index contributed by atoms with van der Waals surface area (Å²) in [6.07, 6.45) is 4.64. The molecular weight excluding hydrogens is 281 g/mol. The molecule has 1 fully saturated rings. The fourth-order valence-corrected chi connectivity index (χ4v) is 3.98. The Kier molecular flexibility index (Phi) is 6.74. The number of carbonyl (C=O) groups is 1. The molecule has 0 heterocycles. The molecule has 93 valence electrons. The van der Waals surface area contributed by atoms with Crippen molar-refractivity contribution in [1.29, 1.82) is 0 Å². The zero-order valence-corrected chi connectivity index (χ0v) is 12.2. The van der Waals surface area contributed by atoms with Crippen LogP contribution in [0.25, 0.3) is 0 Å². The number of benzene rings is 1. The van der Waals surface area contributed by atoms with Gasteiger partial charge in [0.2, 0.25) is 0 Å². The number of hydrogen-bond acceptors (Lipinski definition) is 1. The van der Waals surface area contributed by atoms with E-state index in [1.807, 2.05) is 6.92 Å². The van der Waals surface area contributed by atoms with Crippen molar-refractivity contribution < 1.29 is 4.79 Å². The standard InChI is InChI=1S/C13H14Cl2OP.Li.H/c1-8-10(14)6-7-11(15)12(8)13(16)17-9-4-2-3-5-9;;/h6-7,17H,2-5H2,1H3;;. The Balaban J connectivity index is 0.00000162. The molecule has 0 aliphatic heterocycles. The summed E-state index contributed by atoms with van der Waals surface area (Å²) in [5.41, 5.74) is 2.92. The summed E-state index contributed by atoms with van der Waals surface area (Å²) in [5, 5.41) is 1.13. The first kappa shape index (κ1) is 16.6. The van der Waals surface area contributed by atoms with E-state index in [9.17, 15) is 4.79 Å². The van der Waals surface area contributed by atoms with Gasteiger partial charge in [-0.25, -0.2) is 0 Å². The minimum atomic E-state index is 0. The van der Waals surface area contributed by atoms with Gasteiger partial charge in [-0.05, 0) is 46.0 Å². The molecule has 1 nitrogen and oxygen atoms in total. The summed E-state index contributed by atoms with van der Waals surface area (Å²) >= 11 is 12.1. The fraction of sp³-hybridized carbons (Fsp3) is 0.385. The van der Waals surface area contributed by atoms with Crippen LogP contribution in [0.3, 0.4) is 0 Å². The molecule has 1 aliphatic rings. The molecule has 1 saturated carbocycles. The van der Waals surface area contributed by atoms with Crippen molar-refractivity contribution >= 4 is 56.2 Å². The maximum absolute atomic E-state index is 12.2. The molecule has 0 amide bonds. The monoisotopic (exact) mass is 295 g/mol. The van der Waals surface area contributed by atoms with E-state index in [1.54, 1.807) is 12.1 Å². The van der Waals surface area contributed by atoms with E-state index in [4.69, 9.17) is 23.2 Å². The summed E-state index contributed by atoms with van der Waals surface area (Å²) in [7, 11) is 0.261. The van der Waals surface area contributed by atoms with Crippen LogP contribution < -0.4 is 0 Å². The molecule has 0 bridgehead atoms. The molecule has 2 rings (SSSR count). The molecule has 1 aliphatic carbocycles. The van der Waals surface area contributed by atoms with E-state index in [0.29, 0.717) is 15.6 Å². The second-order valence-corrected chi connectivity index (χ2v) is 6.52. The number of rotatable bonds is 3. The van der Waals surface area contributed by atoms with Crippen LogP contribution in [0.5, 0.6) is 0 Å². The minimum absolute atomic E-state index is 0. The van der Waals surface area contributed by atoms with E-state index < -0.39 is 0 Å². The molecule has 5 heteroatoms. The van der Waals surface area contributed by atoms with Gasteiger partial charge in [0.15, 0.2) is 5.52 Å². The molecule has 18 heavy (non-hydrogen) atoms. The van der Waals surface area contributed by atoms with Gasteiger partial charge >= 0.3 is 18.9 Å². The second-order valence-electron chi connectivity index (χ2n) is 4.29. The Labute approximate surface area is 132 Å². The van der Waals surface area contributed by atoms with Crippen LogP contribution in [-0.2, 0) is 0 Å². The van der Waals surface area contributed by atoms with Crippen molar-refractivity contribution in [3.63, 3.8) is 0 Å². The van der Waals surface area contributed by atoms with E-state index >= 15 is 0 Å². The SMILES string of the molecule is Cc1c(Cl)ccc(Cl)c1C(=O)P[C]1CCCC1.[LiH]. The Morgan fingerprint density at radius 2 is 1.72 bits per heavy atom. The van der Waals surface area contributed by atoms with Crippen LogP contribution in [0.1, 0.15) is 41.6 Å². The Bertz CT molecular complexity index is 445. The third-order valence-corrected chi connectivity index (χ3v) is 5.13. The van der Waals surface area contributed by atoms with Crippen LogP contribution in [0, 0.1) is 12.6 Å². The van der Waals surface area contributed by atoms with Crippen molar-refractivity contribution in [3.8, 4) is 0 Å². The first-order valence-corrected chi connectivity index (χ1v) is 7.46. The van der Waals surface area contributed by atoms with Crippen molar-refractivity contribution in [2.75, 3.05) is 0 Å². The van der Waals surface area contributed by atoms with Gasteiger partial charge in [0.25, 0.3) is 0 Å². The molecule has 0 saturated heterocycles. The molecule has 1 atom stereocenters. The van der Waals surface area contributed by atoms with Gasteiger partial charge in [-0.15, -0.1) is 0 Å². The number of carbonyl (C=O) groups excluding carboxylic acids is 1. The first-order chi connectivity index (χ1) is 8.09. The zero-order chi connectivity index (χ0) is 12.4. The van der Waals surface area contributed by atoms with Crippen molar-refractivity contribution in [2.24, 2.45) is 0 Å². The van der Waals surface area contributed by atoms with E-state index in [0.717, 1.165) is 18.4 Å². The zero-order valence-electron chi connectivity index (χ0n) is 9.65. The fourth-order valence-electron chi connectivity index (χ4n) is 2.08. The predicted molar refractivity (Wildman–Crippen MR) is 82.7 cm³/mol. The molecule has 0 aromatic heterocycles. The van der Waals surface area contributed by atoms with Gasteiger partial charge in [0.1, 0.15) is 0 Å². The van der Waals surface area contributed by atoms with E-state index in [1.165, 1.54) is 18.5 Å². The van der Waals surface area contributed by atoms with Crippen molar-refractivity contribution in [3.05, 3.63) is 39.0 Å². The van der Waals surface area contributed by atoms with Gasteiger partial charge in [0.05, 0.1) is 5.02 Å². The molecule has 1 unspecified atom stereocenters. The van der Waals surface area contributed by atoms with Gasteiger partial charge in [0, 0.05) is 16.2 Å². The summed E-state index contributed by atoms with van der Waals surface area (Å²) in [6, 6.07) is 3.44. The van der Waals surface area contributed by atoms with Gasteiger partial charge < -0.3 is 0 Å². The number of halogens is 2. The van der Waals surface area contributed by atoms with E-state index in [2.05, 4.69) is 0 Å². The van der Waals surface area contributed by atoms with Crippen LogP contribution in [0.15, 0.2) is 12.1 Å². The van der Waals surface area contributed by atoms with Crippen molar-refractivity contribution in [1.82, 2.24) is 0 Å². The topological polar surface area (TPSA) is 17.1 Å². The molecule has 1 aromatic rings. The predicted octanol–water partition coefficient (Wildman–Crippen LogP) is 4.58. The van der Waals surface area contributed by atoms with Crippen LogP contribution in [0.4, 0.5) is 0 Å². The van der Waals surface area contributed by atoms with Gasteiger partial charge in [-0.2, -0.15) is 0 Å². The third-order valence-electron chi connectivity index (χ3n) is 3.07. The summed E-state index contributed by atoms with van der Waals surface area (Å²) < 4.78 is 0. The average molecular weight is 296 g/mol. The average Bonchev–Trinajstić information content (AvgIpc) is 2.77. The molecule has 0 N–H and O–H groups in total. The first-order valence-electron chi connectivity index (χ1n) is 5.70. The van der Waals surface area contributed by atoms with Gasteiger partial charge in [-0.3, -0.25) is 4.79 Å². The number of hydrogen-bond donors (Lipinski definition) is 0. The molecule has 0 spiro atoms. The Morgan fingerprint density at radius 1 is 1.17 bits per heavy atom. The van der Waals surface area contributed by atoms with Gasteiger partial charge in [-0.1, -0.05) is 36.0 Å². The molecule has 1 aromatic carbocycles. The maximum atomic E-state index is 12.2. The Hall–Kier alpha value is 0.497.